The van der Waals surface area contributed by atoms with Crippen molar-refractivity contribution in [2.45, 2.75) is 45.6 Å². The molecule has 0 saturated heterocycles. The van der Waals surface area contributed by atoms with E-state index in [1.165, 1.54) is 36.9 Å². The van der Waals surface area contributed by atoms with Crippen molar-refractivity contribution in [2.75, 3.05) is 6.54 Å². The van der Waals surface area contributed by atoms with Crippen molar-refractivity contribution in [1.82, 2.24) is 5.32 Å². The molecule has 0 amide bonds. The second-order valence-corrected chi connectivity index (χ2v) is 5.24. The van der Waals surface area contributed by atoms with Crippen LogP contribution in [-0.2, 0) is 6.42 Å². The van der Waals surface area contributed by atoms with Crippen LogP contribution in [0.2, 0.25) is 0 Å². The molecule has 88 valence electrons. The Hall–Kier alpha value is -0.820. The number of nitrogens with one attached hydrogen (secondary N) is 1. The highest BCUT2D eigenvalue weighted by Gasteiger charge is 2.17. The van der Waals surface area contributed by atoms with Crippen LogP contribution in [-0.4, -0.2) is 12.6 Å². The average molecular weight is 217 g/mol. The first-order valence-corrected chi connectivity index (χ1v) is 6.53. The summed E-state index contributed by atoms with van der Waals surface area (Å²) < 4.78 is 0. The van der Waals surface area contributed by atoms with Crippen molar-refractivity contribution in [3.63, 3.8) is 0 Å². The van der Waals surface area contributed by atoms with Gasteiger partial charge in [-0.3, -0.25) is 0 Å². The van der Waals surface area contributed by atoms with E-state index < -0.39 is 0 Å². The summed E-state index contributed by atoms with van der Waals surface area (Å²) in [6.07, 6.45) is 5.46. The maximum atomic E-state index is 3.66. The van der Waals surface area contributed by atoms with Gasteiger partial charge >= 0.3 is 0 Å². The maximum Gasteiger partial charge on any atom is 0.00793 e. The van der Waals surface area contributed by atoms with Gasteiger partial charge in [-0.1, -0.05) is 30.7 Å². The van der Waals surface area contributed by atoms with Crippen LogP contribution in [0.25, 0.3) is 0 Å². The summed E-state index contributed by atoms with van der Waals surface area (Å²) in [5.41, 5.74) is 2.90. The van der Waals surface area contributed by atoms with Crippen LogP contribution in [0.5, 0.6) is 0 Å². The Morgan fingerprint density at radius 2 is 2.06 bits per heavy atom. The molecule has 0 heterocycles. The van der Waals surface area contributed by atoms with Crippen LogP contribution in [0.1, 0.15) is 37.3 Å². The molecular weight excluding hydrogens is 194 g/mol. The lowest BCUT2D eigenvalue weighted by molar-refractivity contribution is 0.291. The monoisotopic (exact) mass is 217 g/mol. The molecule has 1 aromatic rings. The Labute approximate surface area is 99.3 Å². The third-order valence-corrected chi connectivity index (χ3v) is 3.77. The van der Waals surface area contributed by atoms with Gasteiger partial charge in [-0.05, 0) is 56.7 Å². The summed E-state index contributed by atoms with van der Waals surface area (Å²) in [6.45, 7) is 5.71. The summed E-state index contributed by atoms with van der Waals surface area (Å²) in [4.78, 5) is 0. The van der Waals surface area contributed by atoms with Gasteiger partial charge in [-0.15, -0.1) is 0 Å². The minimum Gasteiger partial charge on any atom is -0.314 e. The largest absolute Gasteiger partial charge is 0.314 e. The number of hydrogen-bond acceptors (Lipinski definition) is 1. The molecule has 1 aliphatic rings. The van der Waals surface area contributed by atoms with Crippen LogP contribution in [0.15, 0.2) is 24.3 Å². The van der Waals surface area contributed by atoms with E-state index in [0.29, 0.717) is 6.04 Å². The van der Waals surface area contributed by atoms with E-state index in [4.69, 9.17) is 0 Å². The Bertz CT molecular complexity index is 328. The van der Waals surface area contributed by atoms with E-state index in [9.17, 15) is 0 Å². The predicted octanol–water partition coefficient (Wildman–Crippen LogP) is 3.32. The summed E-state index contributed by atoms with van der Waals surface area (Å²) in [5, 5.41) is 3.66. The van der Waals surface area contributed by atoms with E-state index in [-0.39, 0.29) is 0 Å². The van der Waals surface area contributed by atoms with Gasteiger partial charge in [-0.2, -0.15) is 0 Å². The molecule has 0 aromatic heterocycles. The van der Waals surface area contributed by atoms with Gasteiger partial charge in [0, 0.05) is 6.04 Å². The van der Waals surface area contributed by atoms with Crippen molar-refractivity contribution in [2.24, 2.45) is 5.92 Å². The van der Waals surface area contributed by atoms with Gasteiger partial charge in [-0.25, -0.2) is 0 Å². The molecule has 1 aromatic carbocycles. The summed E-state index contributed by atoms with van der Waals surface area (Å²) in [7, 11) is 0. The fourth-order valence-corrected chi connectivity index (χ4v) is 2.31. The Morgan fingerprint density at radius 1 is 1.31 bits per heavy atom. The molecular formula is C15H23N. The van der Waals surface area contributed by atoms with Crippen LogP contribution >= 0.6 is 0 Å². The molecule has 1 N–H and O–H groups in total. The van der Waals surface area contributed by atoms with Gasteiger partial charge in [0.2, 0.25) is 0 Å². The fraction of sp³-hybridized carbons (Fsp3) is 0.600. The molecule has 2 rings (SSSR count). The Kier molecular flexibility index (Phi) is 4.00. The minimum atomic E-state index is 0.599. The molecule has 1 atom stereocenters. The number of aryl methyl sites for hydroxylation is 1. The highest BCUT2D eigenvalue weighted by molar-refractivity contribution is 5.26. The van der Waals surface area contributed by atoms with Crippen molar-refractivity contribution in [3.8, 4) is 0 Å². The van der Waals surface area contributed by atoms with E-state index in [0.717, 1.165) is 12.3 Å². The van der Waals surface area contributed by atoms with Crippen molar-refractivity contribution >= 4 is 0 Å². The van der Waals surface area contributed by atoms with Gasteiger partial charge in [0.05, 0.1) is 0 Å². The number of rotatable bonds is 5. The maximum absolute atomic E-state index is 3.66. The Morgan fingerprint density at radius 3 is 2.69 bits per heavy atom. The van der Waals surface area contributed by atoms with Gasteiger partial charge in [0.1, 0.15) is 0 Å². The van der Waals surface area contributed by atoms with Crippen LogP contribution in [0.3, 0.4) is 0 Å². The second kappa shape index (κ2) is 5.49. The third kappa shape index (κ3) is 3.08. The Balaban J connectivity index is 1.77. The minimum absolute atomic E-state index is 0.599. The van der Waals surface area contributed by atoms with Crippen LogP contribution < -0.4 is 5.32 Å². The first-order valence-electron chi connectivity index (χ1n) is 6.53. The lowest BCUT2D eigenvalue weighted by atomic mass is 9.85. The molecule has 1 nitrogen and oxygen atoms in total. The molecule has 0 radical (unpaired) electrons. The van der Waals surface area contributed by atoms with Crippen molar-refractivity contribution in [1.29, 1.82) is 0 Å². The molecule has 0 aliphatic heterocycles. The quantitative estimate of drug-likeness (QED) is 0.798. The van der Waals surface area contributed by atoms with Crippen LogP contribution in [0.4, 0.5) is 0 Å². The van der Waals surface area contributed by atoms with E-state index >= 15 is 0 Å². The lowest BCUT2D eigenvalue weighted by Gasteiger charge is -2.27. The summed E-state index contributed by atoms with van der Waals surface area (Å²) in [6, 6.07) is 9.30. The highest BCUT2D eigenvalue weighted by atomic mass is 14.9. The molecule has 1 fully saturated rings. The summed E-state index contributed by atoms with van der Waals surface area (Å²) in [5.74, 6) is 0.958. The van der Waals surface area contributed by atoms with E-state index in [1.54, 1.807) is 0 Å². The zero-order valence-electron chi connectivity index (χ0n) is 10.5. The molecule has 1 heteroatoms. The first-order chi connectivity index (χ1) is 7.75. The van der Waals surface area contributed by atoms with E-state index in [1.807, 2.05) is 0 Å². The predicted molar refractivity (Wildman–Crippen MR) is 69.7 cm³/mol. The van der Waals surface area contributed by atoms with Gasteiger partial charge < -0.3 is 5.32 Å². The first kappa shape index (κ1) is 11.7. The number of hydrogen-bond donors (Lipinski definition) is 1. The highest BCUT2D eigenvalue weighted by Crippen LogP contribution is 2.25. The zero-order chi connectivity index (χ0) is 11.4. The number of benzene rings is 1. The molecule has 0 bridgehead atoms. The van der Waals surface area contributed by atoms with E-state index in [2.05, 4.69) is 43.4 Å². The van der Waals surface area contributed by atoms with Crippen molar-refractivity contribution < 1.29 is 0 Å². The smallest absolute Gasteiger partial charge is 0.00793 e. The normalized spacial score (nSPS) is 18.1. The molecule has 1 saturated carbocycles. The second-order valence-electron chi connectivity index (χ2n) is 5.24. The average Bonchev–Trinajstić information content (AvgIpc) is 2.19. The van der Waals surface area contributed by atoms with Gasteiger partial charge in [0.15, 0.2) is 0 Å². The SMILES string of the molecule is Cc1ccccc1CC(C)NCC1CCC1. The standard InChI is InChI=1S/C15H23N/c1-12-6-3-4-9-15(12)10-13(2)16-11-14-7-5-8-14/h3-4,6,9,13-14,16H,5,7-8,10-11H2,1-2H3. The molecule has 1 unspecified atom stereocenters. The van der Waals surface area contributed by atoms with Crippen LogP contribution in [0, 0.1) is 12.8 Å². The van der Waals surface area contributed by atoms with Crippen molar-refractivity contribution in [3.05, 3.63) is 35.4 Å². The third-order valence-electron chi connectivity index (χ3n) is 3.77. The molecule has 16 heavy (non-hydrogen) atoms. The lowest BCUT2D eigenvalue weighted by Crippen LogP contribution is -2.35. The zero-order valence-corrected chi connectivity index (χ0v) is 10.5. The molecule has 0 spiro atoms. The molecule has 1 aliphatic carbocycles. The fourth-order valence-electron chi connectivity index (χ4n) is 2.31. The van der Waals surface area contributed by atoms with Gasteiger partial charge in [0.25, 0.3) is 0 Å². The summed E-state index contributed by atoms with van der Waals surface area (Å²) >= 11 is 0. The topological polar surface area (TPSA) is 12.0 Å².